The van der Waals surface area contributed by atoms with E-state index in [0.29, 0.717) is 22.8 Å². The first-order valence-electron chi connectivity index (χ1n) is 8.07. The maximum atomic E-state index is 11.1. The summed E-state index contributed by atoms with van der Waals surface area (Å²) in [6.45, 7) is 1.91. The Morgan fingerprint density at radius 1 is 0.885 bits per heavy atom. The average molecular weight is 342 g/mol. The minimum absolute atomic E-state index is 0.0282. The molecule has 0 radical (unpaired) electrons. The van der Waals surface area contributed by atoms with Crippen molar-refractivity contribution in [3.8, 4) is 22.8 Å². The number of nitrogens with zero attached hydrogens (tertiary/aromatic N) is 4. The molecule has 0 aliphatic heterocycles. The number of aromatic nitrogens is 3. The molecule has 6 heteroatoms. The second-order valence-electron chi connectivity index (χ2n) is 5.88. The Hall–Kier alpha value is -3.67. The number of pyridine rings is 1. The van der Waals surface area contributed by atoms with Crippen molar-refractivity contribution < 1.29 is 4.92 Å². The molecule has 2 aromatic carbocycles. The van der Waals surface area contributed by atoms with Crippen molar-refractivity contribution in [1.82, 2.24) is 15.0 Å². The van der Waals surface area contributed by atoms with Gasteiger partial charge in [-0.3, -0.25) is 10.1 Å². The first kappa shape index (κ1) is 15.8. The van der Waals surface area contributed by atoms with Crippen molar-refractivity contribution in [2.75, 3.05) is 0 Å². The summed E-state index contributed by atoms with van der Waals surface area (Å²) >= 11 is 0. The van der Waals surface area contributed by atoms with Crippen molar-refractivity contribution in [2.45, 2.75) is 6.92 Å². The molecule has 0 bridgehead atoms. The Labute approximate surface area is 149 Å². The number of aryl methyl sites for hydroxylation is 1. The lowest BCUT2D eigenvalue weighted by molar-refractivity contribution is -0.384. The smallest absolute Gasteiger partial charge is 0.258 e. The number of hydrogen-bond acceptors (Lipinski definition) is 5. The number of rotatable bonds is 3. The van der Waals surface area contributed by atoms with E-state index in [1.54, 1.807) is 6.07 Å². The Bertz CT molecular complexity index is 1140. The van der Waals surface area contributed by atoms with Crippen LogP contribution in [0.15, 0.2) is 66.7 Å². The zero-order valence-corrected chi connectivity index (χ0v) is 14.0. The van der Waals surface area contributed by atoms with E-state index in [2.05, 4.69) is 15.0 Å². The summed E-state index contributed by atoms with van der Waals surface area (Å²) in [5.41, 5.74) is 3.66. The van der Waals surface area contributed by atoms with Crippen LogP contribution in [-0.2, 0) is 0 Å². The molecule has 0 saturated heterocycles. The number of hydrogen-bond donors (Lipinski definition) is 0. The first-order valence-corrected chi connectivity index (χ1v) is 8.07. The van der Waals surface area contributed by atoms with E-state index in [0.717, 1.165) is 16.6 Å². The van der Waals surface area contributed by atoms with Crippen molar-refractivity contribution in [1.29, 1.82) is 0 Å². The molecular weight excluding hydrogens is 328 g/mol. The van der Waals surface area contributed by atoms with Gasteiger partial charge >= 0.3 is 0 Å². The minimum atomic E-state index is -0.407. The van der Waals surface area contributed by atoms with Crippen LogP contribution >= 0.6 is 0 Å². The van der Waals surface area contributed by atoms with E-state index < -0.39 is 4.92 Å². The van der Waals surface area contributed by atoms with Gasteiger partial charge in [-0.2, -0.15) is 0 Å². The van der Waals surface area contributed by atoms with Crippen LogP contribution in [0.3, 0.4) is 0 Å². The third-order valence-corrected chi connectivity index (χ3v) is 4.05. The second-order valence-corrected chi connectivity index (χ2v) is 5.88. The van der Waals surface area contributed by atoms with Crippen LogP contribution in [0.4, 0.5) is 5.69 Å². The SMILES string of the molecule is Cc1cccc(-c2nc(-c3cccc([N+](=O)[O-])c3)c3ccccc3n2)n1. The molecule has 0 aliphatic rings. The Kier molecular flexibility index (Phi) is 3.85. The third-order valence-electron chi connectivity index (χ3n) is 4.05. The van der Waals surface area contributed by atoms with Gasteiger partial charge in [-0.25, -0.2) is 15.0 Å². The maximum absolute atomic E-state index is 11.1. The molecule has 2 aromatic heterocycles. The monoisotopic (exact) mass is 342 g/mol. The molecule has 4 rings (SSSR count). The van der Waals surface area contributed by atoms with Crippen molar-refractivity contribution in [3.05, 3.63) is 82.5 Å². The third kappa shape index (κ3) is 2.88. The zero-order valence-electron chi connectivity index (χ0n) is 14.0. The Morgan fingerprint density at radius 3 is 2.50 bits per heavy atom. The van der Waals surface area contributed by atoms with Gasteiger partial charge < -0.3 is 0 Å². The van der Waals surface area contributed by atoms with Crippen LogP contribution < -0.4 is 0 Å². The van der Waals surface area contributed by atoms with Gasteiger partial charge in [-0.05, 0) is 25.1 Å². The second kappa shape index (κ2) is 6.33. The van der Waals surface area contributed by atoms with Gasteiger partial charge in [0.25, 0.3) is 5.69 Å². The molecular formula is C20H14N4O2. The molecule has 2 heterocycles. The van der Waals surface area contributed by atoms with Gasteiger partial charge in [-0.1, -0.05) is 36.4 Å². The van der Waals surface area contributed by atoms with Crippen LogP contribution in [0.25, 0.3) is 33.7 Å². The van der Waals surface area contributed by atoms with Crippen molar-refractivity contribution >= 4 is 16.6 Å². The first-order chi connectivity index (χ1) is 12.6. The predicted octanol–water partition coefficient (Wildman–Crippen LogP) is 4.58. The molecule has 0 aliphatic carbocycles. The van der Waals surface area contributed by atoms with E-state index >= 15 is 0 Å². The molecule has 0 fully saturated rings. The molecule has 0 spiro atoms. The van der Waals surface area contributed by atoms with Crippen LogP contribution in [0.1, 0.15) is 5.69 Å². The number of nitro groups is 1. The van der Waals surface area contributed by atoms with Gasteiger partial charge in [0.1, 0.15) is 5.69 Å². The number of nitro benzene ring substituents is 1. The summed E-state index contributed by atoms with van der Waals surface area (Å²) in [7, 11) is 0. The molecule has 0 atom stereocenters. The molecule has 4 aromatic rings. The molecule has 0 unspecified atom stereocenters. The number of non-ortho nitro benzene ring substituents is 1. The highest BCUT2D eigenvalue weighted by Crippen LogP contribution is 2.30. The van der Waals surface area contributed by atoms with Crippen molar-refractivity contribution in [3.63, 3.8) is 0 Å². The van der Waals surface area contributed by atoms with Gasteiger partial charge in [0, 0.05) is 28.8 Å². The van der Waals surface area contributed by atoms with E-state index in [4.69, 9.17) is 0 Å². The van der Waals surface area contributed by atoms with Crippen LogP contribution in [0.5, 0.6) is 0 Å². The lowest BCUT2D eigenvalue weighted by atomic mass is 10.1. The molecule has 0 saturated carbocycles. The summed E-state index contributed by atoms with van der Waals surface area (Å²) in [6.07, 6.45) is 0. The normalized spacial score (nSPS) is 10.8. The highest BCUT2D eigenvalue weighted by atomic mass is 16.6. The molecule has 0 N–H and O–H groups in total. The number of benzene rings is 2. The van der Waals surface area contributed by atoms with E-state index in [1.807, 2.05) is 55.5 Å². The fourth-order valence-corrected chi connectivity index (χ4v) is 2.85. The van der Waals surface area contributed by atoms with Gasteiger partial charge in [0.15, 0.2) is 5.82 Å². The van der Waals surface area contributed by atoms with Crippen LogP contribution in [0.2, 0.25) is 0 Å². The maximum Gasteiger partial charge on any atom is 0.270 e. The van der Waals surface area contributed by atoms with Gasteiger partial charge in [-0.15, -0.1) is 0 Å². The number of fused-ring (bicyclic) bond motifs is 1. The Balaban J connectivity index is 1.99. The summed E-state index contributed by atoms with van der Waals surface area (Å²) in [5, 5.41) is 12.0. The summed E-state index contributed by atoms with van der Waals surface area (Å²) in [4.78, 5) is 24.5. The summed E-state index contributed by atoms with van der Waals surface area (Å²) in [6, 6.07) is 19.8. The highest BCUT2D eigenvalue weighted by molar-refractivity contribution is 5.93. The largest absolute Gasteiger partial charge is 0.270 e. The van der Waals surface area contributed by atoms with Gasteiger partial charge in [0.05, 0.1) is 16.1 Å². The van der Waals surface area contributed by atoms with E-state index in [1.165, 1.54) is 12.1 Å². The Morgan fingerprint density at radius 2 is 1.69 bits per heavy atom. The average Bonchev–Trinajstić information content (AvgIpc) is 2.67. The summed E-state index contributed by atoms with van der Waals surface area (Å²) < 4.78 is 0. The quantitative estimate of drug-likeness (QED) is 0.402. The predicted molar refractivity (Wildman–Crippen MR) is 99.6 cm³/mol. The van der Waals surface area contributed by atoms with E-state index in [-0.39, 0.29) is 5.69 Å². The fourth-order valence-electron chi connectivity index (χ4n) is 2.85. The molecule has 26 heavy (non-hydrogen) atoms. The summed E-state index contributed by atoms with van der Waals surface area (Å²) in [5.74, 6) is 0.494. The number of para-hydroxylation sites is 1. The van der Waals surface area contributed by atoms with Gasteiger partial charge in [0.2, 0.25) is 0 Å². The fraction of sp³-hybridized carbons (Fsp3) is 0.0500. The van der Waals surface area contributed by atoms with Crippen molar-refractivity contribution in [2.24, 2.45) is 0 Å². The van der Waals surface area contributed by atoms with Crippen LogP contribution in [0, 0.1) is 17.0 Å². The molecule has 6 nitrogen and oxygen atoms in total. The van der Waals surface area contributed by atoms with Crippen LogP contribution in [-0.4, -0.2) is 19.9 Å². The topological polar surface area (TPSA) is 81.8 Å². The standard InChI is InChI=1S/C20H14N4O2/c1-13-6-4-11-18(21-13)20-22-17-10-3-2-9-16(17)19(23-20)14-7-5-8-15(12-14)24(25)26/h2-12H,1H3. The minimum Gasteiger partial charge on any atom is -0.258 e. The highest BCUT2D eigenvalue weighted by Gasteiger charge is 2.14. The van der Waals surface area contributed by atoms with E-state index in [9.17, 15) is 10.1 Å². The zero-order chi connectivity index (χ0) is 18.1. The molecule has 126 valence electrons. The lowest BCUT2D eigenvalue weighted by Crippen LogP contribution is -1.97. The lowest BCUT2D eigenvalue weighted by Gasteiger charge is -2.09. The molecule has 0 amide bonds.